The van der Waals surface area contributed by atoms with E-state index in [0.717, 1.165) is 25.7 Å². The summed E-state index contributed by atoms with van der Waals surface area (Å²) in [4.78, 5) is 22.5. The molecule has 1 aliphatic rings. The smallest absolute Gasteiger partial charge is 0.234 e. The molecule has 1 saturated carbocycles. The molecule has 1 aliphatic carbocycles. The highest BCUT2D eigenvalue weighted by Gasteiger charge is 2.22. The first-order chi connectivity index (χ1) is 9.65. The number of hydrogen-bond acceptors (Lipinski definition) is 4. The van der Waals surface area contributed by atoms with Crippen molar-refractivity contribution in [1.29, 1.82) is 10.5 Å². The standard InChI is InChI=1S/C14H20N4O2/c15-6-4-13(19)17-9-11-2-1-3-12(8-11)10-18-14(20)5-7-16/h11-12H,1-5,8-10H2,(H,17,19)(H,18,20)/t11-,12-/m1/s1. The van der Waals surface area contributed by atoms with Crippen molar-refractivity contribution >= 4 is 11.8 Å². The lowest BCUT2D eigenvalue weighted by molar-refractivity contribution is -0.120. The van der Waals surface area contributed by atoms with Crippen molar-refractivity contribution in [2.45, 2.75) is 38.5 Å². The number of hydrogen-bond donors (Lipinski definition) is 2. The molecule has 0 heterocycles. The average molecular weight is 276 g/mol. The molecule has 0 aromatic rings. The van der Waals surface area contributed by atoms with Crippen LogP contribution in [0, 0.1) is 34.5 Å². The van der Waals surface area contributed by atoms with Crippen LogP contribution >= 0.6 is 0 Å². The van der Waals surface area contributed by atoms with Crippen LogP contribution in [-0.4, -0.2) is 24.9 Å². The first-order valence-electron chi connectivity index (χ1n) is 6.93. The normalized spacial score (nSPS) is 21.3. The van der Waals surface area contributed by atoms with Crippen LogP contribution < -0.4 is 10.6 Å². The second-order valence-electron chi connectivity index (χ2n) is 5.18. The molecule has 1 fully saturated rings. The summed E-state index contributed by atoms with van der Waals surface area (Å²) < 4.78 is 0. The van der Waals surface area contributed by atoms with Gasteiger partial charge in [-0.1, -0.05) is 6.42 Å². The third kappa shape index (κ3) is 6.19. The van der Waals surface area contributed by atoms with E-state index in [4.69, 9.17) is 10.5 Å². The van der Waals surface area contributed by atoms with E-state index in [0.29, 0.717) is 24.9 Å². The lowest BCUT2D eigenvalue weighted by Gasteiger charge is -2.29. The molecule has 1 rings (SSSR count). The molecule has 0 aromatic heterocycles. The van der Waals surface area contributed by atoms with Gasteiger partial charge in [0.05, 0.1) is 12.1 Å². The van der Waals surface area contributed by atoms with E-state index in [2.05, 4.69) is 10.6 Å². The van der Waals surface area contributed by atoms with Gasteiger partial charge in [-0.3, -0.25) is 9.59 Å². The Balaban J connectivity index is 2.25. The Morgan fingerprint density at radius 2 is 1.40 bits per heavy atom. The fourth-order valence-electron chi connectivity index (χ4n) is 2.56. The number of rotatable bonds is 6. The van der Waals surface area contributed by atoms with Crippen molar-refractivity contribution in [3.8, 4) is 12.1 Å². The first kappa shape index (κ1) is 16.0. The first-order valence-corrected chi connectivity index (χ1v) is 6.93. The predicted octanol–water partition coefficient (Wildman–Crippen LogP) is 0.853. The summed E-state index contributed by atoms with van der Waals surface area (Å²) in [5.41, 5.74) is 0. The molecule has 2 N–H and O–H groups in total. The van der Waals surface area contributed by atoms with E-state index in [1.807, 2.05) is 12.1 Å². The Kier molecular flexibility index (Phi) is 7.13. The fraction of sp³-hybridized carbons (Fsp3) is 0.714. The zero-order chi connectivity index (χ0) is 14.8. The van der Waals surface area contributed by atoms with Gasteiger partial charge in [0.1, 0.15) is 12.8 Å². The molecule has 0 saturated heterocycles. The van der Waals surface area contributed by atoms with Crippen LogP contribution in [0.4, 0.5) is 0 Å². The number of carbonyl (C=O) groups excluding carboxylic acids is 2. The molecule has 108 valence electrons. The minimum absolute atomic E-state index is 0.0969. The highest BCUT2D eigenvalue weighted by Crippen LogP contribution is 2.28. The molecule has 20 heavy (non-hydrogen) atoms. The maximum atomic E-state index is 11.2. The number of amides is 2. The fourth-order valence-corrected chi connectivity index (χ4v) is 2.56. The highest BCUT2D eigenvalue weighted by atomic mass is 16.2. The van der Waals surface area contributed by atoms with Gasteiger partial charge in [0.2, 0.25) is 11.8 Å². The summed E-state index contributed by atoms with van der Waals surface area (Å²) in [5, 5.41) is 22.3. The van der Waals surface area contributed by atoms with Crippen molar-refractivity contribution in [2.75, 3.05) is 13.1 Å². The minimum atomic E-state index is -0.225. The monoisotopic (exact) mass is 276 g/mol. The molecule has 0 aliphatic heterocycles. The van der Waals surface area contributed by atoms with Crippen molar-refractivity contribution in [2.24, 2.45) is 11.8 Å². The van der Waals surface area contributed by atoms with E-state index >= 15 is 0 Å². The van der Waals surface area contributed by atoms with Crippen LogP contribution in [0.15, 0.2) is 0 Å². The van der Waals surface area contributed by atoms with Crippen molar-refractivity contribution < 1.29 is 9.59 Å². The van der Waals surface area contributed by atoms with Gasteiger partial charge in [-0.05, 0) is 31.1 Å². The second-order valence-corrected chi connectivity index (χ2v) is 5.18. The van der Waals surface area contributed by atoms with E-state index in [-0.39, 0.29) is 24.7 Å². The molecule has 6 nitrogen and oxygen atoms in total. The van der Waals surface area contributed by atoms with Crippen LogP contribution in [0.25, 0.3) is 0 Å². The summed E-state index contributed by atoms with van der Waals surface area (Å²) >= 11 is 0. The summed E-state index contributed by atoms with van der Waals surface area (Å²) in [6.45, 7) is 1.20. The zero-order valence-electron chi connectivity index (χ0n) is 11.5. The molecular weight excluding hydrogens is 256 g/mol. The molecular formula is C14H20N4O2. The summed E-state index contributed by atoms with van der Waals surface area (Å²) in [7, 11) is 0. The summed E-state index contributed by atoms with van der Waals surface area (Å²) in [6, 6.07) is 3.65. The van der Waals surface area contributed by atoms with Gasteiger partial charge in [-0.25, -0.2) is 0 Å². The molecule has 0 spiro atoms. The number of carbonyl (C=O) groups is 2. The maximum absolute atomic E-state index is 11.2. The molecule has 0 bridgehead atoms. The van der Waals surface area contributed by atoms with E-state index in [1.165, 1.54) is 0 Å². The van der Waals surface area contributed by atoms with Crippen LogP contribution in [0.2, 0.25) is 0 Å². The van der Waals surface area contributed by atoms with Gasteiger partial charge in [-0.15, -0.1) is 0 Å². The second kappa shape index (κ2) is 8.92. The third-order valence-electron chi connectivity index (χ3n) is 3.55. The quantitative estimate of drug-likeness (QED) is 0.750. The Hall–Kier alpha value is -2.08. The van der Waals surface area contributed by atoms with Gasteiger partial charge in [0, 0.05) is 13.1 Å². The van der Waals surface area contributed by atoms with Crippen LogP contribution in [0.1, 0.15) is 38.5 Å². The molecule has 0 aromatic carbocycles. The van der Waals surface area contributed by atoms with Crippen molar-refractivity contribution in [3.05, 3.63) is 0 Å². The van der Waals surface area contributed by atoms with Gasteiger partial charge < -0.3 is 10.6 Å². The molecule has 2 atom stereocenters. The molecule has 0 unspecified atom stereocenters. The van der Waals surface area contributed by atoms with Crippen LogP contribution in [0.3, 0.4) is 0 Å². The van der Waals surface area contributed by atoms with E-state index < -0.39 is 0 Å². The Morgan fingerprint density at radius 3 is 1.80 bits per heavy atom. The SMILES string of the molecule is N#CCC(=O)NC[C@@H]1CCC[C@@H](CNC(=O)CC#N)C1. The van der Waals surface area contributed by atoms with E-state index in [9.17, 15) is 9.59 Å². The van der Waals surface area contributed by atoms with Gasteiger partial charge in [0.25, 0.3) is 0 Å². The molecule has 6 heteroatoms. The number of nitrogens with zero attached hydrogens (tertiary/aromatic N) is 2. The van der Waals surface area contributed by atoms with E-state index in [1.54, 1.807) is 0 Å². The van der Waals surface area contributed by atoms with Gasteiger partial charge in [-0.2, -0.15) is 10.5 Å². The van der Waals surface area contributed by atoms with Crippen LogP contribution in [0.5, 0.6) is 0 Å². The number of nitrogens with one attached hydrogen (secondary N) is 2. The zero-order valence-corrected chi connectivity index (χ0v) is 11.5. The van der Waals surface area contributed by atoms with Crippen molar-refractivity contribution in [3.63, 3.8) is 0 Å². The third-order valence-corrected chi connectivity index (χ3v) is 3.55. The average Bonchev–Trinajstić information content (AvgIpc) is 2.44. The van der Waals surface area contributed by atoms with Crippen LogP contribution in [-0.2, 0) is 9.59 Å². The highest BCUT2D eigenvalue weighted by molar-refractivity contribution is 5.78. The predicted molar refractivity (Wildman–Crippen MR) is 71.9 cm³/mol. The van der Waals surface area contributed by atoms with Crippen molar-refractivity contribution in [1.82, 2.24) is 10.6 Å². The topological polar surface area (TPSA) is 106 Å². The Morgan fingerprint density at radius 1 is 0.950 bits per heavy atom. The summed E-state index contributed by atoms with van der Waals surface area (Å²) in [5.74, 6) is 0.363. The number of nitriles is 2. The lowest BCUT2D eigenvalue weighted by atomic mass is 9.81. The molecule has 0 radical (unpaired) electrons. The Labute approximate surface area is 119 Å². The molecule has 2 amide bonds. The summed E-state index contributed by atoms with van der Waals surface area (Å²) in [6.07, 6.45) is 3.98. The maximum Gasteiger partial charge on any atom is 0.234 e. The minimum Gasteiger partial charge on any atom is -0.355 e. The van der Waals surface area contributed by atoms with Gasteiger partial charge in [0.15, 0.2) is 0 Å². The lowest BCUT2D eigenvalue weighted by Crippen LogP contribution is -2.35. The van der Waals surface area contributed by atoms with Gasteiger partial charge >= 0.3 is 0 Å². The Bertz CT molecular complexity index is 384. The largest absolute Gasteiger partial charge is 0.355 e.